The van der Waals surface area contributed by atoms with Gasteiger partial charge in [-0.25, -0.2) is 0 Å². The molecule has 64 valence electrons. The Morgan fingerprint density at radius 2 is 2.08 bits per heavy atom. The summed E-state index contributed by atoms with van der Waals surface area (Å²) in [6.45, 7) is 0. The average Bonchev–Trinajstić information content (AvgIpc) is 1.96. The number of phenols is 2. The highest BCUT2D eigenvalue weighted by molar-refractivity contribution is 5.80. The molecule has 12 heavy (non-hydrogen) atoms. The van der Waals surface area contributed by atoms with E-state index in [0.717, 1.165) is 0 Å². The molecule has 0 heterocycles. The maximum absolute atomic E-state index is 9.22. The van der Waals surface area contributed by atoms with Crippen molar-refractivity contribution in [1.29, 1.82) is 5.41 Å². The zero-order valence-corrected chi connectivity index (χ0v) is 6.41. The maximum atomic E-state index is 9.22. The van der Waals surface area contributed by atoms with Crippen LogP contribution < -0.4 is 5.73 Å². The van der Waals surface area contributed by atoms with E-state index in [4.69, 9.17) is 16.2 Å². The van der Waals surface area contributed by atoms with E-state index < -0.39 is 0 Å². The molecule has 4 heteroatoms. The molecule has 0 saturated carbocycles. The monoisotopic (exact) mass is 166 g/mol. The van der Waals surface area contributed by atoms with Crippen LogP contribution in [0.5, 0.6) is 11.5 Å². The number of hydrogen-bond acceptors (Lipinski definition) is 3. The zero-order valence-electron chi connectivity index (χ0n) is 6.41. The topological polar surface area (TPSA) is 90.3 Å². The Kier molecular flexibility index (Phi) is 2.19. The first-order valence-corrected chi connectivity index (χ1v) is 3.43. The van der Waals surface area contributed by atoms with Gasteiger partial charge in [-0.3, -0.25) is 5.41 Å². The van der Waals surface area contributed by atoms with Crippen LogP contribution in [0.25, 0.3) is 0 Å². The number of benzene rings is 1. The van der Waals surface area contributed by atoms with E-state index in [1.807, 2.05) is 0 Å². The smallest absolute Gasteiger partial charge is 0.119 e. The van der Waals surface area contributed by atoms with E-state index >= 15 is 0 Å². The van der Waals surface area contributed by atoms with Crippen LogP contribution in [-0.4, -0.2) is 16.0 Å². The molecule has 5 N–H and O–H groups in total. The van der Waals surface area contributed by atoms with Crippen molar-refractivity contribution < 1.29 is 10.2 Å². The summed E-state index contributed by atoms with van der Waals surface area (Å²) in [6, 6.07) is 4.13. The Balaban J connectivity index is 2.97. The third kappa shape index (κ3) is 1.88. The second-order valence-corrected chi connectivity index (χ2v) is 2.52. The van der Waals surface area contributed by atoms with Gasteiger partial charge in [-0.05, 0) is 18.2 Å². The van der Waals surface area contributed by atoms with E-state index in [2.05, 4.69) is 0 Å². The number of nitrogens with one attached hydrogen (secondary N) is 1. The van der Waals surface area contributed by atoms with Crippen molar-refractivity contribution in [3.05, 3.63) is 23.8 Å². The Hall–Kier alpha value is -1.71. The summed E-state index contributed by atoms with van der Waals surface area (Å²) >= 11 is 0. The van der Waals surface area contributed by atoms with E-state index in [1.165, 1.54) is 18.2 Å². The van der Waals surface area contributed by atoms with E-state index in [9.17, 15) is 5.11 Å². The van der Waals surface area contributed by atoms with E-state index in [1.54, 1.807) is 0 Å². The molecule has 0 bridgehead atoms. The summed E-state index contributed by atoms with van der Waals surface area (Å²) in [5.41, 5.74) is 5.59. The second-order valence-electron chi connectivity index (χ2n) is 2.52. The van der Waals surface area contributed by atoms with Gasteiger partial charge in [0.25, 0.3) is 0 Å². The minimum atomic E-state index is -0.0455. The fraction of sp³-hybridized carbons (Fsp3) is 0.125. The van der Waals surface area contributed by atoms with Crippen molar-refractivity contribution in [3.63, 3.8) is 0 Å². The molecule has 1 aromatic rings. The molecule has 0 saturated heterocycles. The van der Waals surface area contributed by atoms with Crippen LogP contribution in [0.4, 0.5) is 0 Å². The fourth-order valence-electron chi connectivity index (χ4n) is 0.919. The highest BCUT2D eigenvalue weighted by atomic mass is 16.3. The summed E-state index contributed by atoms with van der Waals surface area (Å²) in [6.07, 6.45) is 0.153. The largest absolute Gasteiger partial charge is 0.508 e. The molecule has 0 aliphatic carbocycles. The van der Waals surface area contributed by atoms with Gasteiger partial charge >= 0.3 is 0 Å². The summed E-state index contributed by atoms with van der Waals surface area (Å²) in [5, 5.41) is 25.2. The lowest BCUT2D eigenvalue weighted by atomic mass is 10.1. The highest BCUT2D eigenvalue weighted by Crippen LogP contribution is 2.21. The molecule has 0 spiro atoms. The van der Waals surface area contributed by atoms with Gasteiger partial charge in [-0.15, -0.1) is 0 Å². The van der Waals surface area contributed by atoms with Gasteiger partial charge in [0.2, 0.25) is 0 Å². The fourth-order valence-corrected chi connectivity index (χ4v) is 0.919. The molecular formula is C8H10N2O2. The predicted molar refractivity (Wildman–Crippen MR) is 45.4 cm³/mol. The van der Waals surface area contributed by atoms with Crippen LogP contribution in [0, 0.1) is 5.41 Å². The van der Waals surface area contributed by atoms with Crippen molar-refractivity contribution in [2.45, 2.75) is 6.42 Å². The molecule has 0 amide bonds. The molecule has 0 atom stereocenters. The predicted octanol–water partition coefficient (Wildman–Crippen LogP) is 0.576. The molecule has 0 radical (unpaired) electrons. The van der Waals surface area contributed by atoms with Crippen LogP contribution in [0.2, 0.25) is 0 Å². The van der Waals surface area contributed by atoms with Crippen molar-refractivity contribution in [2.24, 2.45) is 5.73 Å². The van der Waals surface area contributed by atoms with Crippen LogP contribution in [0.1, 0.15) is 5.56 Å². The number of phenolic OH excluding ortho intramolecular Hbond substituents is 2. The highest BCUT2D eigenvalue weighted by Gasteiger charge is 2.02. The Labute approximate surface area is 69.8 Å². The van der Waals surface area contributed by atoms with Crippen molar-refractivity contribution >= 4 is 5.84 Å². The van der Waals surface area contributed by atoms with Crippen LogP contribution >= 0.6 is 0 Å². The second kappa shape index (κ2) is 3.13. The standard InChI is InChI=1S/C8H10N2O2/c9-8(10)4-5-3-6(11)1-2-7(5)12/h1-3,11-12H,4H2,(H3,9,10). The molecule has 0 aliphatic rings. The van der Waals surface area contributed by atoms with Crippen molar-refractivity contribution in [3.8, 4) is 11.5 Å². The first-order chi connectivity index (χ1) is 5.59. The minimum Gasteiger partial charge on any atom is -0.508 e. The molecule has 1 rings (SSSR count). The van der Waals surface area contributed by atoms with Crippen LogP contribution in [0.15, 0.2) is 18.2 Å². The number of rotatable bonds is 2. The number of aromatic hydroxyl groups is 2. The number of nitrogens with two attached hydrogens (primary N) is 1. The van der Waals surface area contributed by atoms with Gasteiger partial charge in [0.05, 0.1) is 5.84 Å². The lowest BCUT2D eigenvalue weighted by molar-refractivity contribution is 0.456. The normalized spacial score (nSPS) is 9.67. The molecule has 4 nitrogen and oxygen atoms in total. The Morgan fingerprint density at radius 1 is 1.42 bits per heavy atom. The number of hydrogen-bond donors (Lipinski definition) is 4. The Morgan fingerprint density at radius 3 is 2.67 bits per heavy atom. The quantitative estimate of drug-likeness (QED) is 0.294. The van der Waals surface area contributed by atoms with Gasteiger partial charge in [-0.1, -0.05) is 0 Å². The van der Waals surface area contributed by atoms with Gasteiger partial charge in [0.15, 0.2) is 0 Å². The van der Waals surface area contributed by atoms with Gasteiger partial charge in [0.1, 0.15) is 11.5 Å². The lowest BCUT2D eigenvalue weighted by Crippen LogP contribution is -2.12. The average molecular weight is 166 g/mol. The summed E-state index contributed by atoms with van der Waals surface area (Å²) in [7, 11) is 0. The lowest BCUT2D eigenvalue weighted by Gasteiger charge is -2.02. The maximum Gasteiger partial charge on any atom is 0.119 e. The van der Waals surface area contributed by atoms with Crippen molar-refractivity contribution in [1.82, 2.24) is 0 Å². The Bertz CT molecular complexity index is 310. The SMILES string of the molecule is N=C(N)Cc1cc(O)ccc1O. The van der Waals surface area contributed by atoms with E-state index in [-0.39, 0.29) is 23.8 Å². The minimum absolute atomic E-state index is 0.0444. The molecular weight excluding hydrogens is 156 g/mol. The molecule has 0 aromatic heterocycles. The van der Waals surface area contributed by atoms with Crippen molar-refractivity contribution in [2.75, 3.05) is 0 Å². The molecule has 0 fully saturated rings. The third-order valence-corrected chi connectivity index (χ3v) is 1.44. The molecule has 0 aliphatic heterocycles. The van der Waals surface area contributed by atoms with Crippen LogP contribution in [0.3, 0.4) is 0 Å². The van der Waals surface area contributed by atoms with Gasteiger partial charge < -0.3 is 15.9 Å². The molecule has 1 aromatic carbocycles. The first-order valence-electron chi connectivity index (χ1n) is 3.43. The zero-order chi connectivity index (χ0) is 9.14. The summed E-state index contributed by atoms with van der Waals surface area (Å²) in [5.74, 6) is 0.0583. The van der Waals surface area contributed by atoms with Crippen LogP contribution in [-0.2, 0) is 6.42 Å². The summed E-state index contributed by atoms with van der Waals surface area (Å²) in [4.78, 5) is 0. The number of amidine groups is 1. The first kappa shape index (κ1) is 8.39. The van der Waals surface area contributed by atoms with Gasteiger partial charge in [-0.2, -0.15) is 0 Å². The van der Waals surface area contributed by atoms with Gasteiger partial charge in [0, 0.05) is 12.0 Å². The summed E-state index contributed by atoms with van der Waals surface area (Å²) < 4.78 is 0. The van der Waals surface area contributed by atoms with E-state index in [0.29, 0.717) is 5.56 Å². The third-order valence-electron chi connectivity index (χ3n) is 1.44. The molecule has 0 unspecified atom stereocenters.